The van der Waals surface area contributed by atoms with E-state index in [1.54, 1.807) is 0 Å². The molecule has 2 saturated heterocycles. The van der Waals surface area contributed by atoms with Crippen molar-refractivity contribution in [2.45, 2.75) is 64.5 Å². The number of nitrogens with one attached hydrogen (secondary N) is 1. The summed E-state index contributed by atoms with van der Waals surface area (Å²) >= 11 is 0. The lowest BCUT2D eigenvalue weighted by molar-refractivity contribution is 0.237. The molecule has 0 bridgehead atoms. The molecule has 0 radical (unpaired) electrons. The van der Waals surface area contributed by atoms with Crippen LogP contribution >= 0.6 is 0 Å². The van der Waals surface area contributed by atoms with Crippen molar-refractivity contribution in [3.05, 3.63) is 0 Å². The Balaban J connectivity index is 1.86. The van der Waals surface area contributed by atoms with Gasteiger partial charge in [0.05, 0.1) is 0 Å². The second kappa shape index (κ2) is 5.05. The van der Waals surface area contributed by atoms with E-state index in [4.69, 9.17) is 0 Å². The lowest BCUT2D eigenvalue weighted by atomic mass is 9.83. The summed E-state index contributed by atoms with van der Waals surface area (Å²) in [6.07, 6.45) is 6.93. The van der Waals surface area contributed by atoms with E-state index in [2.05, 4.69) is 31.0 Å². The van der Waals surface area contributed by atoms with E-state index in [1.165, 1.54) is 51.7 Å². The lowest BCUT2D eigenvalue weighted by Crippen LogP contribution is -2.41. The average molecular weight is 224 g/mol. The van der Waals surface area contributed by atoms with Gasteiger partial charge in [-0.1, -0.05) is 6.92 Å². The van der Waals surface area contributed by atoms with Crippen molar-refractivity contribution in [3.63, 3.8) is 0 Å². The Hall–Kier alpha value is -0.0800. The molecule has 2 heterocycles. The SMILES string of the molecule is CCC1(CC2CCN(C(C)C)C2)CCCN1. The standard InChI is InChI=1S/C14H28N2/c1-4-14(7-5-8-15-14)10-13-6-9-16(11-13)12(2)3/h12-13,15H,4-11H2,1-3H3. The quantitative estimate of drug-likeness (QED) is 0.790. The van der Waals surface area contributed by atoms with Gasteiger partial charge in [-0.05, 0) is 65.0 Å². The number of rotatable bonds is 4. The van der Waals surface area contributed by atoms with E-state index < -0.39 is 0 Å². The van der Waals surface area contributed by atoms with Gasteiger partial charge in [0.2, 0.25) is 0 Å². The Morgan fingerprint density at radius 3 is 2.75 bits per heavy atom. The fraction of sp³-hybridized carbons (Fsp3) is 1.00. The molecule has 2 fully saturated rings. The zero-order chi connectivity index (χ0) is 11.6. The maximum Gasteiger partial charge on any atom is 0.0182 e. The van der Waals surface area contributed by atoms with Crippen LogP contribution in [0.25, 0.3) is 0 Å². The summed E-state index contributed by atoms with van der Waals surface area (Å²) in [5, 5.41) is 3.77. The van der Waals surface area contributed by atoms with E-state index in [9.17, 15) is 0 Å². The highest BCUT2D eigenvalue weighted by Crippen LogP contribution is 2.33. The minimum Gasteiger partial charge on any atom is -0.311 e. The van der Waals surface area contributed by atoms with E-state index in [1.807, 2.05) is 0 Å². The third-order valence-corrected chi connectivity index (χ3v) is 4.74. The molecule has 0 aromatic carbocycles. The summed E-state index contributed by atoms with van der Waals surface area (Å²) in [7, 11) is 0. The molecule has 2 nitrogen and oxygen atoms in total. The maximum absolute atomic E-state index is 3.77. The smallest absolute Gasteiger partial charge is 0.0182 e. The Morgan fingerprint density at radius 1 is 1.44 bits per heavy atom. The van der Waals surface area contributed by atoms with E-state index >= 15 is 0 Å². The van der Waals surface area contributed by atoms with Crippen molar-refractivity contribution in [1.82, 2.24) is 10.2 Å². The van der Waals surface area contributed by atoms with Gasteiger partial charge in [-0.25, -0.2) is 0 Å². The second-order valence-electron chi connectivity index (χ2n) is 6.11. The predicted molar refractivity (Wildman–Crippen MR) is 69.7 cm³/mol. The molecule has 94 valence electrons. The highest BCUT2D eigenvalue weighted by Gasteiger charge is 2.36. The van der Waals surface area contributed by atoms with Crippen molar-refractivity contribution >= 4 is 0 Å². The van der Waals surface area contributed by atoms with E-state index in [0.717, 1.165) is 12.0 Å². The maximum atomic E-state index is 3.77. The molecule has 0 saturated carbocycles. The van der Waals surface area contributed by atoms with Gasteiger partial charge >= 0.3 is 0 Å². The average Bonchev–Trinajstić information content (AvgIpc) is 2.88. The van der Waals surface area contributed by atoms with Crippen molar-refractivity contribution in [2.75, 3.05) is 19.6 Å². The van der Waals surface area contributed by atoms with Crippen LogP contribution in [0.1, 0.15) is 52.9 Å². The number of hydrogen-bond donors (Lipinski definition) is 1. The summed E-state index contributed by atoms with van der Waals surface area (Å²) in [6.45, 7) is 10.9. The van der Waals surface area contributed by atoms with Gasteiger partial charge in [-0.15, -0.1) is 0 Å². The van der Waals surface area contributed by atoms with Crippen LogP contribution in [0.2, 0.25) is 0 Å². The van der Waals surface area contributed by atoms with Gasteiger partial charge < -0.3 is 10.2 Å². The van der Waals surface area contributed by atoms with Gasteiger partial charge in [0.15, 0.2) is 0 Å². The molecule has 0 amide bonds. The van der Waals surface area contributed by atoms with Crippen molar-refractivity contribution in [1.29, 1.82) is 0 Å². The molecule has 2 aliphatic heterocycles. The summed E-state index contributed by atoms with van der Waals surface area (Å²) < 4.78 is 0. The highest BCUT2D eigenvalue weighted by molar-refractivity contribution is 4.95. The van der Waals surface area contributed by atoms with Gasteiger partial charge in [0, 0.05) is 18.1 Å². The number of hydrogen-bond acceptors (Lipinski definition) is 2. The minimum absolute atomic E-state index is 0.498. The van der Waals surface area contributed by atoms with Crippen LogP contribution in [0.15, 0.2) is 0 Å². The molecule has 0 aromatic heterocycles. The van der Waals surface area contributed by atoms with Crippen LogP contribution < -0.4 is 5.32 Å². The number of likely N-dealkylation sites (tertiary alicyclic amines) is 1. The molecule has 0 aliphatic carbocycles. The first-order valence-electron chi connectivity index (χ1n) is 7.14. The molecule has 16 heavy (non-hydrogen) atoms. The second-order valence-corrected chi connectivity index (χ2v) is 6.11. The normalized spacial score (nSPS) is 36.4. The molecular formula is C14H28N2. The van der Waals surface area contributed by atoms with Gasteiger partial charge in [-0.2, -0.15) is 0 Å². The predicted octanol–water partition coefficient (Wildman–Crippen LogP) is 2.64. The number of nitrogens with zero attached hydrogens (tertiary/aromatic N) is 1. The summed E-state index contributed by atoms with van der Waals surface area (Å²) in [6, 6.07) is 0.735. The van der Waals surface area contributed by atoms with Crippen LogP contribution in [0.3, 0.4) is 0 Å². The van der Waals surface area contributed by atoms with Gasteiger partial charge in [0.25, 0.3) is 0 Å². The zero-order valence-corrected chi connectivity index (χ0v) is 11.3. The van der Waals surface area contributed by atoms with Crippen molar-refractivity contribution < 1.29 is 0 Å². The minimum atomic E-state index is 0.498. The summed E-state index contributed by atoms with van der Waals surface area (Å²) in [5.41, 5.74) is 0.498. The van der Waals surface area contributed by atoms with Gasteiger partial charge in [0.1, 0.15) is 0 Å². The highest BCUT2D eigenvalue weighted by atomic mass is 15.2. The van der Waals surface area contributed by atoms with Crippen LogP contribution in [0.4, 0.5) is 0 Å². The molecule has 2 atom stereocenters. The molecule has 2 rings (SSSR count). The molecule has 2 aliphatic rings. The fourth-order valence-electron chi connectivity index (χ4n) is 3.54. The summed E-state index contributed by atoms with van der Waals surface area (Å²) in [4.78, 5) is 2.64. The molecule has 2 heteroatoms. The Labute approximate surface area is 101 Å². The molecule has 0 spiro atoms. The van der Waals surface area contributed by atoms with E-state index in [-0.39, 0.29) is 0 Å². The first-order valence-corrected chi connectivity index (χ1v) is 7.14. The topological polar surface area (TPSA) is 15.3 Å². The monoisotopic (exact) mass is 224 g/mol. The molecule has 0 aromatic rings. The first kappa shape index (κ1) is 12.4. The molecule has 1 N–H and O–H groups in total. The van der Waals surface area contributed by atoms with Crippen LogP contribution in [-0.4, -0.2) is 36.1 Å². The van der Waals surface area contributed by atoms with Crippen molar-refractivity contribution in [3.8, 4) is 0 Å². The van der Waals surface area contributed by atoms with Crippen LogP contribution in [-0.2, 0) is 0 Å². The third-order valence-electron chi connectivity index (χ3n) is 4.74. The van der Waals surface area contributed by atoms with Gasteiger partial charge in [-0.3, -0.25) is 0 Å². The van der Waals surface area contributed by atoms with Crippen LogP contribution in [0, 0.1) is 5.92 Å². The van der Waals surface area contributed by atoms with E-state index in [0.29, 0.717) is 5.54 Å². The largest absolute Gasteiger partial charge is 0.311 e. The molecule has 2 unspecified atom stereocenters. The fourth-order valence-corrected chi connectivity index (χ4v) is 3.54. The molecular weight excluding hydrogens is 196 g/mol. The first-order chi connectivity index (χ1) is 7.65. The summed E-state index contributed by atoms with van der Waals surface area (Å²) in [5.74, 6) is 0.938. The Kier molecular flexibility index (Phi) is 3.91. The van der Waals surface area contributed by atoms with Crippen LogP contribution in [0.5, 0.6) is 0 Å². The Morgan fingerprint density at radius 2 is 2.25 bits per heavy atom. The zero-order valence-electron chi connectivity index (χ0n) is 11.3. The Bertz CT molecular complexity index is 219. The third kappa shape index (κ3) is 2.60. The lowest BCUT2D eigenvalue weighted by Gasteiger charge is -2.31. The van der Waals surface area contributed by atoms with Crippen molar-refractivity contribution in [2.24, 2.45) is 5.92 Å².